The number of carbonyl (C=O) groups excluding carboxylic acids is 1. The van der Waals surface area contributed by atoms with Crippen LogP contribution in [0.1, 0.15) is 29.4 Å². The van der Waals surface area contributed by atoms with Crippen LogP contribution >= 0.6 is 0 Å². The van der Waals surface area contributed by atoms with E-state index in [-0.39, 0.29) is 5.91 Å². The second-order valence-corrected chi connectivity index (χ2v) is 3.28. The number of hydrogen-bond acceptors (Lipinski definition) is 2. The van der Waals surface area contributed by atoms with E-state index < -0.39 is 0 Å². The van der Waals surface area contributed by atoms with E-state index in [1.54, 1.807) is 6.20 Å². The second-order valence-electron chi connectivity index (χ2n) is 3.28. The average Bonchev–Trinajstić information content (AvgIpc) is 2.25. The molecular weight excluding hydrogens is 188 g/mol. The van der Waals surface area contributed by atoms with Crippen LogP contribution in [0.3, 0.4) is 0 Å². The molecule has 1 amide bonds. The fourth-order valence-electron chi connectivity index (χ4n) is 1.24. The van der Waals surface area contributed by atoms with Crippen LogP contribution in [0.25, 0.3) is 0 Å². The quantitative estimate of drug-likeness (QED) is 0.602. The minimum atomic E-state index is -0.0994. The van der Waals surface area contributed by atoms with Gasteiger partial charge in [-0.2, -0.15) is 0 Å². The number of allylic oxidation sites excluding steroid dienone is 1. The molecule has 0 aromatic carbocycles. The molecule has 0 radical (unpaired) electrons. The Labute approximate surface area is 90.2 Å². The molecule has 0 saturated carbocycles. The molecule has 1 N–H and O–H groups in total. The summed E-state index contributed by atoms with van der Waals surface area (Å²) >= 11 is 0. The molecule has 80 valence electrons. The number of hydrogen-bond donors (Lipinski definition) is 1. The minimum Gasteiger partial charge on any atom is -0.350 e. The lowest BCUT2D eigenvalue weighted by Gasteiger charge is -2.04. The van der Waals surface area contributed by atoms with Crippen molar-refractivity contribution in [1.82, 2.24) is 10.3 Å². The number of carbonyl (C=O) groups is 1. The van der Waals surface area contributed by atoms with Gasteiger partial charge in [0.15, 0.2) is 0 Å². The van der Waals surface area contributed by atoms with Crippen molar-refractivity contribution in [3.63, 3.8) is 0 Å². The summed E-state index contributed by atoms with van der Waals surface area (Å²) in [7, 11) is 0. The lowest BCUT2D eigenvalue weighted by Crippen LogP contribution is -2.25. The lowest BCUT2D eigenvalue weighted by atomic mass is 10.2. The molecule has 15 heavy (non-hydrogen) atoms. The van der Waals surface area contributed by atoms with E-state index in [4.69, 9.17) is 0 Å². The molecule has 3 heteroatoms. The number of nitrogens with one attached hydrogen (secondary N) is 1. The van der Waals surface area contributed by atoms with E-state index in [0.717, 1.165) is 12.0 Å². The van der Waals surface area contributed by atoms with Crippen molar-refractivity contribution in [2.45, 2.75) is 20.3 Å². The van der Waals surface area contributed by atoms with Crippen molar-refractivity contribution in [2.24, 2.45) is 0 Å². The molecule has 0 bridgehead atoms. The molecule has 1 heterocycles. The van der Waals surface area contributed by atoms with Gasteiger partial charge in [0.1, 0.15) is 5.69 Å². The third kappa shape index (κ3) is 3.54. The molecule has 0 atom stereocenters. The first-order valence-corrected chi connectivity index (χ1v) is 5.06. The molecule has 0 aliphatic carbocycles. The van der Waals surface area contributed by atoms with Gasteiger partial charge in [-0.3, -0.25) is 9.78 Å². The Morgan fingerprint density at radius 3 is 3.07 bits per heavy atom. The van der Waals surface area contributed by atoms with E-state index in [2.05, 4.69) is 10.3 Å². The molecule has 1 aromatic rings. The Morgan fingerprint density at radius 2 is 2.40 bits per heavy atom. The predicted molar refractivity (Wildman–Crippen MR) is 60.7 cm³/mol. The van der Waals surface area contributed by atoms with Gasteiger partial charge in [0, 0.05) is 12.7 Å². The van der Waals surface area contributed by atoms with Gasteiger partial charge in [-0.25, -0.2) is 0 Å². The van der Waals surface area contributed by atoms with Crippen LogP contribution < -0.4 is 5.32 Å². The van der Waals surface area contributed by atoms with Gasteiger partial charge in [-0.1, -0.05) is 18.2 Å². The molecule has 3 nitrogen and oxygen atoms in total. The Kier molecular flexibility index (Phi) is 4.54. The number of amides is 1. The summed E-state index contributed by atoms with van der Waals surface area (Å²) in [5, 5.41) is 2.82. The van der Waals surface area contributed by atoms with Gasteiger partial charge in [-0.15, -0.1) is 0 Å². The highest BCUT2D eigenvalue weighted by Gasteiger charge is 2.07. The Balaban J connectivity index is 2.51. The van der Waals surface area contributed by atoms with E-state index in [9.17, 15) is 4.79 Å². The van der Waals surface area contributed by atoms with Crippen LogP contribution in [0, 0.1) is 6.92 Å². The van der Waals surface area contributed by atoms with Gasteiger partial charge < -0.3 is 5.32 Å². The van der Waals surface area contributed by atoms with Gasteiger partial charge in [0.05, 0.1) is 0 Å². The topological polar surface area (TPSA) is 42.0 Å². The molecule has 0 saturated heterocycles. The average molecular weight is 204 g/mol. The van der Waals surface area contributed by atoms with E-state index >= 15 is 0 Å². The number of aryl methyl sites for hydroxylation is 1. The number of pyridine rings is 1. The van der Waals surface area contributed by atoms with Crippen molar-refractivity contribution in [1.29, 1.82) is 0 Å². The third-order valence-electron chi connectivity index (χ3n) is 2.06. The zero-order valence-electron chi connectivity index (χ0n) is 9.16. The Morgan fingerprint density at radius 1 is 1.60 bits per heavy atom. The maximum atomic E-state index is 11.6. The van der Waals surface area contributed by atoms with Gasteiger partial charge >= 0.3 is 0 Å². The fraction of sp³-hybridized carbons (Fsp3) is 0.333. The predicted octanol–water partition coefficient (Wildman–Crippen LogP) is 2.09. The highest BCUT2D eigenvalue weighted by atomic mass is 16.1. The third-order valence-corrected chi connectivity index (χ3v) is 2.06. The first kappa shape index (κ1) is 11.4. The number of nitrogens with zero attached hydrogens (tertiary/aromatic N) is 1. The number of rotatable bonds is 4. The zero-order chi connectivity index (χ0) is 11.1. The summed E-state index contributed by atoms with van der Waals surface area (Å²) in [4.78, 5) is 15.7. The number of aromatic nitrogens is 1. The summed E-state index contributed by atoms with van der Waals surface area (Å²) in [5.41, 5.74) is 1.42. The van der Waals surface area contributed by atoms with E-state index in [0.29, 0.717) is 12.2 Å². The smallest absolute Gasteiger partial charge is 0.270 e. The SMILES string of the molecule is C/C=C/CCNC(=O)c1ncccc1C. The van der Waals surface area contributed by atoms with Crippen LogP contribution in [-0.2, 0) is 0 Å². The van der Waals surface area contributed by atoms with Crippen molar-refractivity contribution in [2.75, 3.05) is 6.54 Å². The molecule has 0 spiro atoms. The van der Waals surface area contributed by atoms with Crippen molar-refractivity contribution in [3.8, 4) is 0 Å². The maximum absolute atomic E-state index is 11.6. The summed E-state index contributed by atoms with van der Waals surface area (Å²) in [6.45, 7) is 4.50. The van der Waals surface area contributed by atoms with Gasteiger partial charge in [-0.05, 0) is 31.9 Å². The molecule has 0 aliphatic rings. The molecule has 1 aromatic heterocycles. The van der Waals surface area contributed by atoms with Crippen molar-refractivity contribution in [3.05, 3.63) is 41.7 Å². The highest BCUT2D eigenvalue weighted by molar-refractivity contribution is 5.93. The molecule has 1 rings (SSSR count). The van der Waals surface area contributed by atoms with Gasteiger partial charge in [0.25, 0.3) is 5.91 Å². The summed E-state index contributed by atoms with van der Waals surface area (Å²) < 4.78 is 0. The Hall–Kier alpha value is -1.64. The van der Waals surface area contributed by atoms with Crippen LogP contribution in [0.4, 0.5) is 0 Å². The van der Waals surface area contributed by atoms with Crippen LogP contribution in [0.5, 0.6) is 0 Å². The molecule has 0 aliphatic heterocycles. The summed E-state index contributed by atoms with van der Waals surface area (Å²) in [5.74, 6) is -0.0994. The van der Waals surface area contributed by atoms with E-state index in [1.165, 1.54) is 0 Å². The van der Waals surface area contributed by atoms with Crippen molar-refractivity contribution >= 4 is 5.91 Å². The monoisotopic (exact) mass is 204 g/mol. The van der Waals surface area contributed by atoms with Crippen LogP contribution in [0.15, 0.2) is 30.5 Å². The zero-order valence-corrected chi connectivity index (χ0v) is 9.16. The largest absolute Gasteiger partial charge is 0.350 e. The fourth-order valence-corrected chi connectivity index (χ4v) is 1.24. The lowest BCUT2D eigenvalue weighted by molar-refractivity contribution is 0.0948. The summed E-state index contributed by atoms with van der Waals surface area (Å²) in [6, 6.07) is 3.71. The standard InChI is InChI=1S/C12H16N2O/c1-3-4-5-8-14-12(15)11-10(2)7-6-9-13-11/h3-4,6-7,9H,5,8H2,1-2H3,(H,14,15)/b4-3+. The molecule has 0 unspecified atom stereocenters. The van der Waals surface area contributed by atoms with Gasteiger partial charge in [0.2, 0.25) is 0 Å². The normalized spacial score (nSPS) is 10.5. The second kappa shape index (κ2) is 5.96. The van der Waals surface area contributed by atoms with Crippen LogP contribution in [-0.4, -0.2) is 17.4 Å². The molecule has 0 fully saturated rings. The Bertz CT molecular complexity index is 358. The van der Waals surface area contributed by atoms with Crippen LogP contribution in [0.2, 0.25) is 0 Å². The maximum Gasteiger partial charge on any atom is 0.270 e. The first-order valence-electron chi connectivity index (χ1n) is 5.06. The highest BCUT2D eigenvalue weighted by Crippen LogP contribution is 2.02. The van der Waals surface area contributed by atoms with E-state index in [1.807, 2.05) is 38.1 Å². The minimum absolute atomic E-state index is 0.0994. The van der Waals surface area contributed by atoms with Crippen molar-refractivity contribution < 1.29 is 4.79 Å². The summed E-state index contributed by atoms with van der Waals surface area (Å²) in [6.07, 6.45) is 6.48. The first-order chi connectivity index (χ1) is 7.25. The molecular formula is C12H16N2O.